The summed E-state index contributed by atoms with van der Waals surface area (Å²) in [6.07, 6.45) is 18.4. The SMILES string of the molecule is Cc1cc(C)c(N2C3CCCC4C3N3C5C6C(CC7C8CCCCC8C(=O)N(C8CCCC2C83)C75)C2CCCCC2C(=O)N46)c(C)c1. The largest absolute Gasteiger partial charge is 0.362 e. The lowest BCUT2D eigenvalue weighted by Gasteiger charge is -2.78. The molecule has 10 aliphatic rings. The molecule has 10 fully saturated rings. The number of hydrogen-bond donors (Lipinski definition) is 0. The lowest BCUT2D eigenvalue weighted by atomic mass is 9.50. The van der Waals surface area contributed by atoms with Gasteiger partial charge in [0.25, 0.3) is 0 Å². The van der Waals surface area contributed by atoms with Crippen LogP contribution in [0.1, 0.15) is 113 Å². The van der Waals surface area contributed by atoms with Crippen LogP contribution in [-0.4, -0.2) is 80.9 Å². The van der Waals surface area contributed by atoms with E-state index in [9.17, 15) is 0 Å². The quantitative estimate of drug-likeness (QED) is 0.359. The van der Waals surface area contributed by atoms with Crippen molar-refractivity contribution in [3.63, 3.8) is 0 Å². The van der Waals surface area contributed by atoms with Crippen molar-refractivity contribution in [3.8, 4) is 0 Å². The van der Waals surface area contributed by atoms with Gasteiger partial charge >= 0.3 is 0 Å². The number of hydrogen-bond acceptors (Lipinski definition) is 4. The van der Waals surface area contributed by atoms with E-state index in [1.165, 1.54) is 106 Å². The first-order chi connectivity index (χ1) is 22.9. The number of aryl methyl sites for hydroxylation is 3. The van der Waals surface area contributed by atoms with Crippen LogP contribution in [0.3, 0.4) is 0 Å². The fraction of sp³-hybridized carbons (Fsp3) is 0.805. The fourth-order valence-corrected chi connectivity index (χ4v) is 15.7. The van der Waals surface area contributed by atoms with Crippen molar-refractivity contribution in [2.24, 2.45) is 35.5 Å². The summed E-state index contributed by atoms with van der Waals surface area (Å²) < 4.78 is 0. The number of carbonyl (C=O) groups excluding carboxylic acids is 2. The molecule has 14 unspecified atom stereocenters. The minimum Gasteiger partial charge on any atom is -0.362 e. The Kier molecular flexibility index (Phi) is 6.12. The van der Waals surface area contributed by atoms with Gasteiger partial charge in [-0.05, 0) is 126 Å². The van der Waals surface area contributed by atoms with Crippen LogP contribution in [0.25, 0.3) is 0 Å². The van der Waals surface area contributed by atoms with E-state index in [0.717, 1.165) is 12.8 Å². The Balaban J connectivity index is 1.14. The predicted octanol–water partition coefficient (Wildman–Crippen LogP) is 6.38. The minimum atomic E-state index is 0.247. The van der Waals surface area contributed by atoms with Gasteiger partial charge in [-0.3, -0.25) is 14.5 Å². The molecule has 5 saturated heterocycles. The van der Waals surface area contributed by atoms with Crippen molar-refractivity contribution in [1.29, 1.82) is 0 Å². The molecule has 6 heteroatoms. The number of amides is 2. The van der Waals surface area contributed by atoms with E-state index in [4.69, 9.17) is 0 Å². The van der Waals surface area contributed by atoms with Crippen molar-refractivity contribution < 1.29 is 9.59 Å². The van der Waals surface area contributed by atoms with Gasteiger partial charge in [0.05, 0.1) is 30.2 Å². The van der Waals surface area contributed by atoms with E-state index in [2.05, 4.69) is 52.5 Å². The number of carbonyl (C=O) groups is 2. The van der Waals surface area contributed by atoms with E-state index in [-0.39, 0.29) is 11.8 Å². The third kappa shape index (κ3) is 3.53. The molecule has 1 aromatic rings. The van der Waals surface area contributed by atoms with Crippen molar-refractivity contribution in [3.05, 3.63) is 28.8 Å². The molecule has 5 heterocycles. The highest BCUT2D eigenvalue weighted by atomic mass is 16.2. The molecular formula is C41H56N4O2. The topological polar surface area (TPSA) is 47.1 Å². The molecule has 5 saturated carbocycles. The first-order valence-electron chi connectivity index (χ1n) is 20.2. The second-order valence-corrected chi connectivity index (χ2v) is 18.4. The zero-order valence-electron chi connectivity index (χ0n) is 29.0. The molecule has 1 aromatic carbocycles. The standard InChI is InChI=1S/C41H56N4O2/c1-21-18-22(2)34(23(3)19-21)42-30-14-8-16-32-37(30)45-38-31(42)15-9-17-33(38)44-36-29(25-11-5-7-13-27(25)41(44)47)20-28-24-10-4-6-12-26(24)40(46)43(32)35(28)39(36)45/h18-19,24-33,35-39H,4-17,20H2,1-3H3. The summed E-state index contributed by atoms with van der Waals surface area (Å²) in [5.41, 5.74) is 5.66. The van der Waals surface area contributed by atoms with Crippen LogP contribution >= 0.6 is 0 Å². The summed E-state index contributed by atoms with van der Waals surface area (Å²) in [4.78, 5) is 41.5. The summed E-state index contributed by atoms with van der Waals surface area (Å²) in [7, 11) is 0. The second-order valence-electron chi connectivity index (χ2n) is 18.4. The molecule has 11 rings (SSSR count). The Morgan fingerprint density at radius 1 is 0.489 bits per heavy atom. The van der Waals surface area contributed by atoms with Crippen LogP contribution in [-0.2, 0) is 9.59 Å². The molecule has 5 aliphatic heterocycles. The van der Waals surface area contributed by atoms with Crippen LogP contribution in [0, 0.1) is 56.3 Å². The van der Waals surface area contributed by atoms with Gasteiger partial charge in [0, 0.05) is 41.7 Å². The van der Waals surface area contributed by atoms with Gasteiger partial charge in [-0.2, -0.15) is 0 Å². The summed E-state index contributed by atoms with van der Waals surface area (Å²) >= 11 is 0. The molecule has 0 bridgehead atoms. The van der Waals surface area contributed by atoms with E-state index in [0.29, 0.717) is 89.9 Å². The fourth-order valence-electron chi connectivity index (χ4n) is 15.7. The number of piperazine rings is 3. The smallest absolute Gasteiger partial charge is 0.226 e. The number of rotatable bonds is 1. The first kappa shape index (κ1) is 28.7. The van der Waals surface area contributed by atoms with E-state index >= 15 is 9.59 Å². The van der Waals surface area contributed by atoms with Gasteiger partial charge in [0.1, 0.15) is 0 Å². The van der Waals surface area contributed by atoms with Gasteiger partial charge in [0.15, 0.2) is 0 Å². The Hall–Kier alpha value is -2.08. The average Bonchev–Trinajstić information content (AvgIpc) is 3.08. The highest BCUT2D eigenvalue weighted by Crippen LogP contribution is 2.63. The first-order valence-corrected chi connectivity index (χ1v) is 20.2. The minimum absolute atomic E-state index is 0.247. The number of anilines is 1. The average molecular weight is 637 g/mol. The molecule has 2 amide bonds. The van der Waals surface area contributed by atoms with Crippen LogP contribution in [0.4, 0.5) is 5.69 Å². The van der Waals surface area contributed by atoms with E-state index in [1.54, 1.807) is 0 Å². The maximum absolute atomic E-state index is 15.1. The molecule has 0 aromatic heterocycles. The lowest BCUT2D eigenvalue weighted by Crippen LogP contribution is -2.93. The van der Waals surface area contributed by atoms with Gasteiger partial charge in [-0.15, -0.1) is 0 Å². The zero-order chi connectivity index (χ0) is 31.5. The van der Waals surface area contributed by atoms with Gasteiger partial charge in [0.2, 0.25) is 11.8 Å². The number of piperidine rings is 2. The molecule has 47 heavy (non-hydrogen) atoms. The van der Waals surface area contributed by atoms with Crippen molar-refractivity contribution in [1.82, 2.24) is 14.7 Å². The monoisotopic (exact) mass is 636 g/mol. The molecule has 252 valence electrons. The zero-order valence-corrected chi connectivity index (χ0v) is 29.0. The summed E-state index contributed by atoms with van der Waals surface area (Å²) in [5.74, 6) is 3.96. The van der Waals surface area contributed by atoms with Crippen molar-refractivity contribution >= 4 is 17.5 Å². The molecule has 0 spiro atoms. The maximum atomic E-state index is 15.1. The van der Waals surface area contributed by atoms with Crippen molar-refractivity contribution in [2.75, 3.05) is 4.90 Å². The van der Waals surface area contributed by atoms with Crippen LogP contribution in [0.15, 0.2) is 12.1 Å². The third-order valence-electron chi connectivity index (χ3n) is 16.6. The van der Waals surface area contributed by atoms with Crippen LogP contribution in [0.5, 0.6) is 0 Å². The summed E-state index contributed by atoms with van der Waals surface area (Å²) in [6.45, 7) is 6.94. The summed E-state index contributed by atoms with van der Waals surface area (Å²) in [6, 6.07) is 8.11. The number of fused-ring (bicyclic) bond motifs is 6. The lowest BCUT2D eigenvalue weighted by molar-refractivity contribution is -0.258. The maximum Gasteiger partial charge on any atom is 0.226 e. The Morgan fingerprint density at radius 3 is 1.43 bits per heavy atom. The Morgan fingerprint density at radius 2 is 0.936 bits per heavy atom. The van der Waals surface area contributed by atoms with E-state index < -0.39 is 0 Å². The number of benzene rings is 1. The summed E-state index contributed by atoms with van der Waals surface area (Å²) in [5, 5.41) is 0. The van der Waals surface area contributed by atoms with Gasteiger partial charge in [-0.25, -0.2) is 0 Å². The van der Waals surface area contributed by atoms with Gasteiger partial charge < -0.3 is 14.7 Å². The number of nitrogens with zero attached hydrogens (tertiary/aromatic N) is 4. The third-order valence-corrected chi connectivity index (χ3v) is 16.6. The highest BCUT2D eigenvalue weighted by Gasteiger charge is 2.74. The molecular weight excluding hydrogens is 580 g/mol. The second kappa shape index (κ2) is 10.0. The van der Waals surface area contributed by atoms with Crippen LogP contribution < -0.4 is 4.90 Å². The van der Waals surface area contributed by atoms with E-state index in [1.807, 2.05) is 0 Å². The van der Waals surface area contributed by atoms with Crippen LogP contribution in [0.2, 0.25) is 0 Å². The molecule has 5 aliphatic carbocycles. The predicted molar refractivity (Wildman–Crippen MR) is 183 cm³/mol. The molecule has 6 nitrogen and oxygen atoms in total. The Bertz CT molecular complexity index is 1420. The normalized spacial score (nSPS) is 49.3. The molecule has 14 atom stereocenters. The highest BCUT2D eigenvalue weighted by molar-refractivity contribution is 5.84. The van der Waals surface area contributed by atoms with Gasteiger partial charge in [-0.1, -0.05) is 43.4 Å². The molecule has 0 N–H and O–H groups in total. The molecule has 0 radical (unpaired) electrons. The van der Waals surface area contributed by atoms with Crippen molar-refractivity contribution in [2.45, 2.75) is 171 Å². The Labute approximate surface area is 282 Å².